The van der Waals surface area contributed by atoms with Crippen LogP contribution in [0.1, 0.15) is 27.1 Å². The van der Waals surface area contributed by atoms with Crippen LogP contribution in [0.4, 0.5) is 11.4 Å². The van der Waals surface area contributed by atoms with Crippen LogP contribution in [0.15, 0.2) is 66.7 Å². The van der Waals surface area contributed by atoms with Crippen molar-refractivity contribution >= 4 is 34.8 Å². The predicted octanol–water partition coefficient (Wildman–Crippen LogP) is 5.01. The minimum Gasteiger partial charge on any atom is -0.490 e. The average Bonchev–Trinajstić information content (AvgIpc) is 3.00. The summed E-state index contributed by atoms with van der Waals surface area (Å²) in [5, 5.41) is 6.19. The van der Waals surface area contributed by atoms with Crippen molar-refractivity contribution in [3.8, 4) is 11.5 Å². The number of nitrogens with one attached hydrogen (secondary N) is 2. The Hall–Kier alpha value is -3.51. The molecular formula is C23H19ClN2O4. The minimum absolute atomic E-state index is 0.341. The number of fused-ring (bicyclic) bond motifs is 1. The van der Waals surface area contributed by atoms with E-state index >= 15 is 0 Å². The molecule has 0 atom stereocenters. The Balaban J connectivity index is 1.52. The molecule has 0 saturated heterocycles. The first-order valence-electron chi connectivity index (χ1n) is 9.47. The van der Waals surface area contributed by atoms with Crippen LogP contribution in [-0.4, -0.2) is 25.0 Å². The Bertz CT molecular complexity index is 1080. The van der Waals surface area contributed by atoms with Gasteiger partial charge < -0.3 is 20.1 Å². The molecular weight excluding hydrogens is 404 g/mol. The number of hydrogen-bond donors (Lipinski definition) is 2. The van der Waals surface area contributed by atoms with Crippen LogP contribution in [0.2, 0.25) is 5.02 Å². The topological polar surface area (TPSA) is 76.7 Å². The summed E-state index contributed by atoms with van der Waals surface area (Å²) in [6.45, 7) is 1.11. The summed E-state index contributed by atoms with van der Waals surface area (Å²) in [6, 6.07) is 18.6. The molecule has 7 heteroatoms. The molecule has 2 N–H and O–H groups in total. The predicted molar refractivity (Wildman–Crippen MR) is 116 cm³/mol. The highest BCUT2D eigenvalue weighted by Crippen LogP contribution is 2.31. The third-order valence-corrected chi connectivity index (χ3v) is 4.78. The van der Waals surface area contributed by atoms with E-state index in [0.717, 1.165) is 6.42 Å². The molecule has 4 rings (SSSR count). The van der Waals surface area contributed by atoms with Crippen molar-refractivity contribution in [2.45, 2.75) is 6.42 Å². The molecule has 1 aliphatic heterocycles. The van der Waals surface area contributed by atoms with E-state index in [9.17, 15) is 9.59 Å². The number of rotatable bonds is 4. The second-order valence-electron chi connectivity index (χ2n) is 6.67. The van der Waals surface area contributed by atoms with E-state index < -0.39 is 0 Å². The third-order valence-electron chi connectivity index (χ3n) is 4.53. The van der Waals surface area contributed by atoms with Gasteiger partial charge in [0.05, 0.1) is 24.5 Å². The largest absolute Gasteiger partial charge is 0.490 e. The molecule has 6 nitrogen and oxygen atoms in total. The van der Waals surface area contributed by atoms with E-state index in [4.69, 9.17) is 21.1 Å². The van der Waals surface area contributed by atoms with Crippen LogP contribution in [0, 0.1) is 0 Å². The van der Waals surface area contributed by atoms with Crippen LogP contribution in [-0.2, 0) is 0 Å². The third kappa shape index (κ3) is 4.55. The number of benzene rings is 3. The summed E-state index contributed by atoms with van der Waals surface area (Å²) in [5.74, 6) is 0.463. The average molecular weight is 423 g/mol. The van der Waals surface area contributed by atoms with Crippen molar-refractivity contribution < 1.29 is 19.1 Å². The molecule has 0 spiro atoms. The lowest BCUT2D eigenvalue weighted by atomic mass is 10.1. The molecule has 0 aliphatic carbocycles. The molecule has 0 saturated carbocycles. The summed E-state index contributed by atoms with van der Waals surface area (Å²) in [4.78, 5) is 25.5. The molecule has 0 aromatic heterocycles. The van der Waals surface area contributed by atoms with E-state index in [1.165, 1.54) is 0 Å². The van der Waals surface area contributed by atoms with Gasteiger partial charge in [-0.2, -0.15) is 0 Å². The van der Waals surface area contributed by atoms with Crippen molar-refractivity contribution in [1.29, 1.82) is 0 Å². The van der Waals surface area contributed by atoms with Gasteiger partial charge in [-0.05, 0) is 54.6 Å². The standard InChI is InChI=1S/C23H19ClN2O4/c24-16-7-9-17(10-8-16)25-23(28)18-4-1-2-5-19(18)26-22(27)15-6-11-20-21(14-15)30-13-3-12-29-20/h1-2,4-11,14H,3,12-13H2,(H,25,28)(H,26,27). The monoisotopic (exact) mass is 422 g/mol. The lowest BCUT2D eigenvalue weighted by Gasteiger charge is -2.13. The molecule has 3 aromatic carbocycles. The van der Waals surface area contributed by atoms with Crippen molar-refractivity contribution in [2.24, 2.45) is 0 Å². The fraction of sp³-hybridized carbons (Fsp3) is 0.130. The molecule has 0 bridgehead atoms. The number of carbonyl (C=O) groups excluding carboxylic acids is 2. The zero-order valence-corrected chi connectivity index (χ0v) is 16.7. The molecule has 152 valence electrons. The summed E-state index contributed by atoms with van der Waals surface area (Å²) in [6.07, 6.45) is 0.784. The summed E-state index contributed by atoms with van der Waals surface area (Å²) >= 11 is 5.88. The number of anilines is 2. The maximum Gasteiger partial charge on any atom is 0.257 e. The van der Waals surface area contributed by atoms with E-state index in [-0.39, 0.29) is 11.8 Å². The van der Waals surface area contributed by atoms with Crippen molar-refractivity contribution in [1.82, 2.24) is 0 Å². The fourth-order valence-corrected chi connectivity index (χ4v) is 3.15. The van der Waals surface area contributed by atoms with E-state index in [2.05, 4.69) is 10.6 Å². The Morgan fingerprint density at radius 2 is 1.53 bits per heavy atom. The number of para-hydroxylation sites is 1. The van der Waals surface area contributed by atoms with Crippen LogP contribution >= 0.6 is 11.6 Å². The number of hydrogen-bond acceptors (Lipinski definition) is 4. The van der Waals surface area contributed by atoms with Crippen molar-refractivity contribution in [2.75, 3.05) is 23.8 Å². The van der Waals surface area contributed by atoms with Crippen molar-refractivity contribution in [3.63, 3.8) is 0 Å². The smallest absolute Gasteiger partial charge is 0.257 e. The molecule has 1 heterocycles. The first kappa shape index (κ1) is 19.8. The van der Waals surface area contributed by atoms with Crippen LogP contribution in [0.3, 0.4) is 0 Å². The quantitative estimate of drug-likeness (QED) is 0.619. The van der Waals surface area contributed by atoms with Gasteiger partial charge in [0.15, 0.2) is 11.5 Å². The van der Waals surface area contributed by atoms with Gasteiger partial charge in [0, 0.05) is 22.7 Å². The highest BCUT2D eigenvalue weighted by molar-refractivity contribution is 6.30. The van der Waals surface area contributed by atoms with Gasteiger partial charge in [-0.3, -0.25) is 9.59 Å². The Kier molecular flexibility index (Phi) is 5.86. The molecule has 30 heavy (non-hydrogen) atoms. The molecule has 0 fully saturated rings. The van der Waals surface area contributed by atoms with Crippen LogP contribution < -0.4 is 20.1 Å². The van der Waals surface area contributed by atoms with Crippen LogP contribution in [0.25, 0.3) is 0 Å². The molecule has 2 amide bonds. The highest BCUT2D eigenvalue weighted by atomic mass is 35.5. The van der Waals surface area contributed by atoms with Gasteiger partial charge in [-0.25, -0.2) is 0 Å². The number of carbonyl (C=O) groups is 2. The number of amides is 2. The second kappa shape index (κ2) is 8.88. The van der Waals surface area contributed by atoms with Gasteiger partial charge in [-0.15, -0.1) is 0 Å². The fourth-order valence-electron chi connectivity index (χ4n) is 3.02. The second-order valence-corrected chi connectivity index (χ2v) is 7.11. The van der Waals surface area contributed by atoms with Gasteiger partial charge in [-0.1, -0.05) is 23.7 Å². The normalized spacial score (nSPS) is 12.6. The lowest BCUT2D eigenvalue weighted by molar-refractivity contribution is 0.102. The highest BCUT2D eigenvalue weighted by Gasteiger charge is 2.17. The lowest BCUT2D eigenvalue weighted by Crippen LogP contribution is -2.18. The zero-order valence-electron chi connectivity index (χ0n) is 16.0. The maximum atomic E-state index is 12.8. The van der Waals surface area contributed by atoms with E-state index in [1.807, 2.05) is 0 Å². The van der Waals surface area contributed by atoms with Gasteiger partial charge in [0.25, 0.3) is 11.8 Å². The van der Waals surface area contributed by atoms with Gasteiger partial charge in [0.2, 0.25) is 0 Å². The molecule has 0 unspecified atom stereocenters. The number of ether oxygens (including phenoxy) is 2. The minimum atomic E-state index is -0.350. The first-order chi connectivity index (χ1) is 14.6. The number of halogens is 1. The Morgan fingerprint density at radius 1 is 0.800 bits per heavy atom. The maximum absolute atomic E-state index is 12.8. The zero-order chi connectivity index (χ0) is 20.9. The van der Waals surface area contributed by atoms with Gasteiger partial charge >= 0.3 is 0 Å². The molecule has 1 aliphatic rings. The van der Waals surface area contributed by atoms with E-state index in [0.29, 0.717) is 52.2 Å². The van der Waals surface area contributed by atoms with Gasteiger partial charge in [0.1, 0.15) is 0 Å². The van der Waals surface area contributed by atoms with E-state index in [1.54, 1.807) is 66.7 Å². The SMILES string of the molecule is O=C(Nc1ccccc1C(=O)Nc1ccc(Cl)cc1)c1ccc2c(c1)OCCCO2. The Morgan fingerprint density at radius 3 is 2.33 bits per heavy atom. The first-order valence-corrected chi connectivity index (χ1v) is 9.85. The molecule has 0 radical (unpaired) electrons. The van der Waals surface area contributed by atoms with Crippen LogP contribution in [0.5, 0.6) is 11.5 Å². The summed E-state index contributed by atoms with van der Waals surface area (Å²) < 4.78 is 11.2. The summed E-state index contributed by atoms with van der Waals surface area (Å²) in [7, 11) is 0. The summed E-state index contributed by atoms with van der Waals surface area (Å²) in [5.41, 5.74) is 1.76. The molecule has 3 aromatic rings. The Labute approximate surface area is 178 Å². The van der Waals surface area contributed by atoms with Crippen molar-refractivity contribution in [3.05, 3.63) is 82.9 Å².